The van der Waals surface area contributed by atoms with Crippen molar-refractivity contribution in [1.29, 1.82) is 0 Å². The molecule has 1 aromatic carbocycles. The van der Waals surface area contributed by atoms with Crippen molar-refractivity contribution in [3.63, 3.8) is 0 Å². The van der Waals surface area contributed by atoms with Gasteiger partial charge in [0.1, 0.15) is 0 Å². The minimum Gasteiger partial charge on any atom is -0.356 e. The molecule has 1 saturated heterocycles. The number of halogens is 3. The van der Waals surface area contributed by atoms with Crippen molar-refractivity contribution in [1.82, 2.24) is 15.5 Å². The molecule has 1 heterocycles. The van der Waals surface area contributed by atoms with Crippen LogP contribution in [0.5, 0.6) is 0 Å². The van der Waals surface area contributed by atoms with Crippen LogP contribution in [-0.4, -0.2) is 44.6 Å². The molecule has 0 aromatic heterocycles. The van der Waals surface area contributed by atoms with Crippen LogP contribution < -0.4 is 10.6 Å². The number of nitrogens with zero attached hydrogens (tertiary/aromatic N) is 2. The van der Waals surface area contributed by atoms with Crippen LogP contribution in [0.3, 0.4) is 0 Å². The smallest absolute Gasteiger partial charge is 0.191 e. The van der Waals surface area contributed by atoms with Crippen LogP contribution >= 0.6 is 47.2 Å². The van der Waals surface area contributed by atoms with Crippen LogP contribution in [0.1, 0.15) is 24.9 Å². The Labute approximate surface area is 166 Å². The summed E-state index contributed by atoms with van der Waals surface area (Å²) < 4.78 is 0. The summed E-state index contributed by atoms with van der Waals surface area (Å²) in [4.78, 5) is 6.65. The third-order valence-electron chi connectivity index (χ3n) is 4.05. The number of rotatable bonds is 4. The summed E-state index contributed by atoms with van der Waals surface area (Å²) in [6, 6.07) is 5.62. The average Bonchev–Trinajstić information content (AvgIpc) is 2.88. The van der Waals surface area contributed by atoms with E-state index >= 15 is 0 Å². The van der Waals surface area contributed by atoms with Crippen LogP contribution in [0.4, 0.5) is 0 Å². The molecule has 0 spiro atoms. The van der Waals surface area contributed by atoms with Crippen molar-refractivity contribution in [3.8, 4) is 0 Å². The van der Waals surface area contributed by atoms with Crippen molar-refractivity contribution in [2.75, 3.05) is 33.7 Å². The standard InChI is InChI=1S/C16H24Cl2N4.HI/c1-11(14-5-4-13(17)8-15(14)18)21-16(19-2)20-9-12-6-7-22(3)10-12;/h4-5,8,11-12H,6-7,9-10H2,1-3H3,(H2,19,20,21);1H. The normalized spacial score (nSPS) is 20.0. The summed E-state index contributed by atoms with van der Waals surface area (Å²) in [6.45, 7) is 5.31. The van der Waals surface area contributed by atoms with E-state index in [2.05, 4.69) is 34.5 Å². The molecule has 0 saturated carbocycles. The Hall–Kier alpha value is -0.240. The zero-order valence-electron chi connectivity index (χ0n) is 13.8. The van der Waals surface area contributed by atoms with Gasteiger partial charge in [-0.2, -0.15) is 0 Å². The Morgan fingerprint density at radius 2 is 2.17 bits per heavy atom. The fourth-order valence-corrected chi connectivity index (χ4v) is 3.34. The zero-order chi connectivity index (χ0) is 16.1. The lowest BCUT2D eigenvalue weighted by atomic mass is 10.1. The lowest BCUT2D eigenvalue weighted by molar-refractivity contribution is 0.393. The predicted octanol–water partition coefficient (Wildman–Crippen LogP) is 3.79. The maximum atomic E-state index is 6.26. The largest absolute Gasteiger partial charge is 0.356 e. The molecule has 2 N–H and O–H groups in total. The van der Waals surface area contributed by atoms with Gasteiger partial charge in [0.15, 0.2) is 5.96 Å². The van der Waals surface area contributed by atoms with Crippen molar-refractivity contribution in [2.24, 2.45) is 10.9 Å². The Morgan fingerprint density at radius 3 is 2.74 bits per heavy atom. The van der Waals surface area contributed by atoms with Crippen LogP contribution in [0.25, 0.3) is 0 Å². The summed E-state index contributed by atoms with van der Waals surface area (Å²) >= 11 is 12.2. The Bertz CT molecular complexity index is 539. The van der Waals surface area contributed by atoms with Gasteiger partial charge in [-0.25, -0.2) is 0 Å². The average molecular weight is 471 g/mol. The highest BCUT2D eigenvalue weighted by atomic mass is 127. The number of benzene rings is 1. The van der Waals surface area contributed by atoms with Gasteiger partial charge in [-0.3, -0.25) is 4.99 Å². The first-order chi connectivity index (χ1) is 10.5. The van der Waals surface area contributed by atoms with E-state index in [1.54, 1.807) is 13.1 Å². The first kappa shape index (κ1) is 20.8. The highest BCUT2D eigenvalue weighted by Crippen LogP contribution is 2.26. The summed E-state index contributed by atoms with van der Waals surface area (Å²) in [5, 5.41) is 8.10. The molecule has 1 aliphatic rings. The maximum absolute atomic E-state index is 6.26. The van der Waals surface area contributed by atoms with Crippen LogP contribution in [-0.2, 0) is 0 Å². The van der Waals surface area contributed by atoms with E-state index in [1.807, 2.05) is 12.1 Å². The first-order valence-electron chi connectivity index (χ1n) is 7.60. The lowest BCUT2D eigenvalue weighted by Crippen LogP contribution is -2.41. The molecule has 0 bridgehead atoms. The fraction of sp³-hybridized carbons (Fsp3) is 0.562. The van der Waals surface area contributed by atoms with Gasteiger partial charge >= 0.3 is 0 Å². The summed E-state index contributed by atoms with van der Waals surface area (Å²) in [7, 11) is 3.95. The van der Waals surface area contributed by atoms with E-state index in [4.69, 9.17) is 23.2 Å². The quantitative estimate of drug-likeness (QED) is 0.399. The summed E-state index contributed by atoms with van der Waals surface area (Å²) in [5.74, 6) is 1.48. The maximum Gasteiger partial charge on any atom is 0.191 e. The Morgan fingerprint density at radius 1 is 1.43 bits per heavy atom. The molecule has 0 amide bonds. The van der Waals surface area contributed by atoms with Crippen molar-refractivity contribution >= 4 is 53.1 Å². The molecule has 23 heavy (non-hydrogen) atoms. The molecule has 2 unspecified atom stereocenters. The highest BCUT2D eigenvalue weighted by Gasteiger charge is 2.19. The zero-order valence-corrected chi connectivity index (χ0v) is 17.6. The molecule has 1 fully saturated rings. The van der Waals surface area contributed by atoms with Gasteiger partial charge in [-0.15, -0.1) is 24.0 Å². The minimum atomic E-state index is 0. The van der Waals surface area contributed by atoms with Crippen molar-refractivity contribution in [3.05, 3.63) is 33.8 Å². The molecule has 2 atom stereocenters. The number of nitrogens with one attached hydrogen (secondary N) is 2. The molecular weight excluding hydrogens is 446 g/mol. The van der Waals surface area contributed by atoms with Gasteiger partial charge in [-0.05, 0) is 50.6 Å². The lowest BCUT2D eigenvalue weighted by Gasteiger charge is -2.20. The molecule has 130 valence electrons. The van der Waals surface area contributed by atoms with E-state index in [-0.39, 0.29) is 30.0 Å². The second-order valence-electron chi connectivity index (χ2n) is 5.90. The Balaban J connectivity index is 0.00000264. The topological polar surface area (TPSA) is 39.7 Å². The molecule has 2 rings (SSSR count). The molecule has 0 radical (unpaired) electrons. The van der Waals surface area contributed by atoms with E-state index < -0.39 is 0 Å². The number of likely N-dealkylation sites (tertiary alicyclic amines) is 1. The number of guanidine groups is 1. The van der Waals surface area contributed by atoms with Gasteiger partial charge in [0.2, 0.25) is 0 Å². The van der Waals surface area contributed by atoms with E-state index in [1.165, 1.54) is 13.0 Å². The monoisotopic (exact) mass is 470 g/mol. The van der Waals surface area contributed by atoms with Gasteiger partial charge in [0.25, 0.3) is 0 Å². The number of hydrogen-bond donors (Lipinski definition) is 2. The van der Waals surface area contributed by atoms with Gasteiger partial charge in [0, 0.05) is 30.2 Å². The van der Waals surface area contributed by atoms with Gasteiger partial charge < -0.3 is 15.5 Å². The molecule has 4 nitrogen and oxygen atoms in total. The molecule has 7 heteroatoms. The minimum absolute atomic E-state index is 0. The predicted molar refractivity (Wildman–Crippen MR) is 110 cm³/mol. The van der Waals surface area contributed by atoms with Gasteiger partial charge in [-0.1, -0.05) is 29.3 Å². The number of hydrogen-bond acceptors (Lipinski definition) is 2. The third-order valence-corrected chi connectivity index (χ3v) is 4.62. The molecule has 0 aliphatic carbocycles. The van der Waals surface area contributed by atoms with Crippen LogP contribution in [0, 0.1) is 5.92 Å². The molecular formula is C16H25Cl2IN4. The summed E-state index contributed by atoms with van der Waals surface area (Å²) in [6.07, 6.45) is 1.24. The van der Waals surface area contributed by atoms with Crippen molar-refractivity contribution in [2.45, 2.75) is 19.4 Å². The number of aliphatic imine (C=N–C) groups is 1. The molecule has 1 aliphatic heterocycles. The van der Waals surface area contributed by atoms with E-state index in [0.717, 1.165) is 24.6 Å². The SMILES string of the molecule is CN=C(NCC1CCN(C)C1)NC(C)c1ccc(Cl)cc1Cl.I. The first-order valence-corrected chi connectivity index (χ1v) is 8.36. The van der Waals surface area contributed by atoms with E-state index in [9.17, 15) is 0 Å². The second-order valence-corrected chi connectivity index (χ2v) is 6.75. The summed E-state index contributed by atoms with van der Waals surface area (Å²) in [5.41, 5.74) is 1.01. The fourth-order valence-electron chi connectivity index (χ4n) is 2.76. The van der Waals surface area contributed by atoms with Crippen LogP contribution in [0.15, 0.2) is 23.2 Å². The third kappa shape index (κ3) is 6.29. The van der Waals surface area contributed by atoms with Crippen molar-refractivity contribution < 1.29 is 0 Å². The van der Waals surface area contributed by atoms with Crippen LogP contribution in [0.2, 0.25) is 10.0 Å². The highest BCUT2D eigenvalue weighted by molar-refractivity contribution is 14.0. The Kier molecular flexibility index (Phi) is 8.97. The molecule has 1 aromatic rings. The van der Waals surface area contributed by atoms with Gasteiger partial charge in [0.05, 0.1) is 6.04 Å². The second kappa shape index (κ2) is 9.91. The van der Waals surface area contributed by atoms with E-state index in [0.29, 0.717) is 16.0 Å².